The van der Waals surface area contributed by atoms with E-state index in [9.17, 15) is 4.79 Å². The second-order valence-corrected chi connectivity index (χ2v) is 7.77. The minimum Gasteiger partial charge on any atom is -0.457 e. The van der Waals surface area contributed by atoms with Crippen molar-refractivity contribution in [1.29, 1.82) is 0 Å². The molecule has 0 fully saturated rings. The number of pyridine rings is 1. The second kappa shape index (κ2) is 8.52. The van der Waals surface area contributed by atoms with Gasteiger partial charge in [-0.1, -0.05) is 18.2 Å². The number of anilines is 2. The average molecular weight is 420 g/mol. The van der Waals surface area contributed by atoms with E-state index in [1.54, 1.807) is 31.4 Å². The van der Waals surface area contributed by atoms with Crippen molar-refractivity contribution in [2.45, 2.75) is 13.5 Å². The summed E-state index contributed by atoms with van der Waals surface area (Å²) < 4.78 is 11.1. The maximum Gasteiger partial charge on any atom is 0.267 e. The van der Waals surface area contributed by atoms with Gasteiger partial charge < -0.3 is 20.5 Å². The monoisotopic (exact) mass is 419 g/mol. The molecular weight excluding hydrogens is 398 g/mol. The number of para-hydroxylation sites is 1. The first-order chi connectivity index (χ1) is 14.5. The highest BCUT2D eigenvalue weighted by molar-refractivity contribution is 7.21. The number of carbonyl (C=O) groups is 1. The van der Waals surface area contributed by atoms with Crippen LogP contribution in [0.15, 0.2) is 60.7 Å². The highest BCUT2D eigenvalue weighted by atomic mass is 32.1. The zero-order valence-corrected chi connectivity index (χ0v) is 17.5. The summed E-state index contributed by atoms with van der Waals surface area (Å²) in [5, 5.41) is 3.68. The van der Waals surface area contributed by atoms with Crippen molar-refractivity contribution < 1.29 is 14.3 Å². The van der Waals surface area contributed by atoms with Crippen LogP contribution in [0.25, 0.3) is 10.2 Å². The van der Waals surface area contributed by atoms with E-state index in [4.69, 9.17) is 15.2 Å². The van der Waals surface area contributed by atoms with E-state index in [0.29, 0.717) is 28.6 Å². The fourth-order valence-electron chi connectivity index (χ4n) is 3.19. The van der Waals surface area contributed by atoms with Gasteiger partial charge in [-0.15, -0.1) is 11.3 Å². The first kappa shape index (κ1) is 19.9. The van der Waals surface area contributed by atoms with Crippen LogP contribution in [-0.4, -0.2) is 18.0 Å². The second-order valence-electron chi connectivity index (χ2n) is 6.77. The third-order valence-electron chi connectivity index (χ3n) is 4.51. The van der Waals surface area contributed by atoms with Crippen molar-refractivity contribution in [3.8, 4) is 11.5 Å². The van der Waals surface area contributed by atoms with Gasteiger partial charge in [-0.05, 0) is 55.0 Å². The Bertz CT molecular complexity index is 1190. The van der Waals surface area contributed by atoms with Gasteiger partial charge in [0.2, 0.25) is 0 Å². The number of aryl methyl sites for hydroxylation is 1. The van der Waals surface area contributed by atoms with Crippen LogP contribution in [-0.2, 0) is 11.3 Å². The molecule has 0 radical (unpaired) electrons. The van der Waals surface area contributed by atoms with E-state index in [1.807, 2.05) is 43.3 Å². The third kappa shape index (κ3) is 4.12. The number of nitrogens with two attached hydrogens (primary N) is 1. The van der Waals surface area contributed by atoms with Crippen molar-refractivity contribution in [2.75, 3.05) is 18.2 Å². The topological polar surface area (TPSA) is 86.5 Å². The number of rotatable bonds is 6. The van der Waals surface area contributed by atoms with Crippen molar-refractivity contribution >= 4 is 38.8 Å². The lowest BCUT2D eigenvalue weighted by molar-refractivity contribution is 0.103. The minimum absolute atomic E-state index is 0.270. The lowest BCUT2D eigenvalue weighted by Crippen LogP contribution is -2.12. The van der Waals surface area contributed by atoms with Crippen LogP contribution in [0.2, 0.25) is 0 Å². The predicted molar refractivity (Wildman–Crippen MR) is 120 cm³/mol. The molecule has 1 amide bonds. The summed E-state index contributed by atoms with van der Waals surface area (Å²) in [6.45, 7) is 2.32. The third-order valence-corrected chi connectivity index (χ3v) is 5.60. The first-order valence-electron chi connectivity index (χ1n) is 9.37. The zero-order valence-electron chi connectivity index (χ0n) is 16.6. The molecule has 6 nitrogen and oxygen atoms in total. The molecule has 4 aromatic rings. The maximum absolute atomic E-state index is 12.9. The number of ether oxygens (including phenoxy) is 2. The standard InChI is InChI=1S/C23H21N3O3S/c1-14-12-15(13-28-2)19-20(24)21(30-23(19)25-14)22(27)26-16-8-10-18(11-9-16)29-17-6-4-3-5-7-17/h3-12H,13,24H2,1-2H3,(H,26,27). The molecule has 0 saturated heterocycles. The van der Waals surface area contributed by atoms with Gasteiger partial charge in [-0.3, -0.25) is 4.79 Å². The zero-order chi connectivity index (χ0) is 21.1. The number of nitrogen functional groups attached to an aromatic ring is 1. The quantitative estimate of drug-likeness (QED) is 0.438. The molecule has 2 aromatic heterocycles. The molecule has 0 saturated carbocycles. The summed E-state index contributed by atoms with van der Waals surface area (Å²) in [4.78, 5) is 18.6. The number of thiophene rings is 1. The summed E-state index contributed by atoms with van der Waals surface area (Å²) in [7, 11) is 1.63. The Morgan fingerprint density at radius 2 is 1.80 bits per heavy atom. The highest BCUT2D eigenvalue weighted by Gasteiger charge is 2.20. The number of fused-ring (bicyclic) bond motifs is 1. The van der Waals surface area contributed by atoms with Crippen molar-refractivity contribution in [1.82, 2.24) is 4.98 Å². The van der Waals surface area contributed by atoms with Crippen LogP contribution in [0.1, 0.15) is 20.9 Å². The van der Waals surface area contributed by atoms with Gasteiger partial charge in [0.15, 0.2) is 0 Å². The smallest absolute Gasteiger partial charge is 0.267 e. The molecule has 0 atom stereocenters. The molecule has 7 heteroatoms. The van der Waals surface area contributed by atoms with Gasteiger partial charge in [0.05, 0.1) is 12.3 Å². The van der Waals surface area contributed by atoms with Gasteiger partial charge in [-0.25, -0.2) is 4.98 Å². The SMILES string of the molecule is COCc1cc(C)nc2sc(C(=O)Nc3ccc(Oc4ccccc4)cc3)c(N)c12. The number of amides is 1. The van der Waals surface area contributed by atoms with Gasteiger partial charge >= 0.3 is 0 Å². The normalized spacial score (nSPS) is 10.9. The number of aromatic nitrogens is 1. The summed E-state index contributed by atoms with van der Waals surface area (Å²) in [5.74, 6) is 1.17. The molecule has 0 unspecified atom stereocenters. The molecule has 4 rings (SSSR count). The van der Waals surface area contributed by atoms with Crippen LogP contribution in [0, 0.1) is 6.92 Å². The highest BCUT2D eigenvalue weighted by Crippen LogP contribution is 2.36. The Balaban J connectivity index is 1.54. The molecule has 0 spiro atoms. The van der Waals surface area contributed by atoms with Crippen LogP contribution in [0.4, 0.5) is 11.4 Å². The van der Waals surface area contributed by atoms with E-state index in [-0.39, 0.29) is 5.91 Å². The minimum atomic E-state index is -0.270. The van der Waals surface area contributed by atoms with Crippen LogP contribution >= 0.6 is 11.3 Å². The fourth-order valence-corrected chi connectivity index (χ4v) is 4.28. The van der Waals surface area contributed by atoms with E-state index >= 15 is 0 Å². The molecule has 0 aliphatic rings. The molecule has 0 aliphatic heterocycles. The maximum atomic E-state index is 12.9. The molecule has 152 valence electrons. The molecule has 0 bridgehead atoms. The predicted octanol–water partition coefficient (Wildman–Crippen LogP) is 5.38. The van der Waals surface area contributed by atoms with Gasteiger partial charge in [0.1, 0.15) is 21.2 Å². The van der Waals surface area contributed by atoms with Crippen molar-refractivity contribution in [2.24, 2.45) is 0 Å². The Labute approximate surface area is 178 Å². The van der Waals surface area contributed by atoms with Crippen molar-refractivity contribution in [3.63, 3.8) is 0 Å². The Hall–Kier alpha value is -3.42. The van der Waals surface area contributed by atoms with Gasteiger partial charge in [-0.2, -0.15) is 0 Å². The van der Waals surface area contributed by atoms with Crippen LogP contribution in [0.5, 0.6) is 11.5 Å². The number of hydrogen-bond acceptors (Lipinski definition) is 6. The molecular formula is C23H21N3O3S. The first-order valence-corrected chi connectivity index (χ1v) is 10.2. The molecule has 0 aliphatic carbocycles. The molecule has 30 heavy (non-hydrogen) atoms. The average Bonchev–Trinajstić information content (AvgIpc) is 3.07. The summed E-state index contributed by atoms with van der Waals surface area (Å²) in [6.07, 6.45) is 0. The number of benzene rings is 2. The molecule has 2 heterocycles. The Kier molecular flexibility index (Phi) is 5.65. The van der Waals surface area contributed by atoms with Crippen molar-refractivity contribution in [3.05, 3.63) is 76.8 Å². The number of hydrogen-bond donors (Lipinski definition) is 2. The number of methoxy groups -OCH3 is 1. The summed E-state index contributed by atoms with van der Waals surface area (Å²) >= 11 is 1.28. The van der Waals surface area contributed by atoms with E-state index in [0.717, 1.165) is 27.2 Å². The molecule has 2 aromatic carbocycles. The Morgan fingerprint density at radius 3 is 2.50 bits per heavy atom. The fraction of sp³-hybridized carbons (Fsp3) is 0.130. The van der Waals surface area contributed by atoms with E-state index in [2.05, 4.69) is 10.3 Å². The number of carbonyl (C=O) groups excluding carboxylic acids is 1. The van der Waals surface area contributed by atoms with Crippen LogP contribution in [0.3, 0.4) is 0 Å². The van der Waals surface area contributed by atoms with E-state index < -0.39 is 0 Å². The van der Waals surface area contributed by atoms with Crippen LogP contribution < -0.4 is 15.8 Å². The largest absolute Gasteiger partial charge is 0.457 e. The number of nitrogens with one attached hydrogen (secondary N) is 1. The molecule has 3 N–H and O–H groups in total. The lowest BCUT2D eigenvalue weighted by Gasteiger charge is -2.08. The van der Waals surface area contributed by atoms with Gasteiger partial charge in [0.25, 0.3) is 5.91 Å². The van der Waals surface area contributed by atoms with E-state index in [1.165, 1.54) is 11.3 Å². The summed E-state index contributed by atoms with van der Waals surface area (Å²) in [6, 6.07) is 18.6. The Morgan fingerprint density at radius 1 is 1.10 bits per heavy atom. The lowest BCUT2D eigenvalue weighted by atomic mass is 10.1. The number of nitrogens with zero attached hydrogens (tertiary/aromatic N) is 1. The summed E-state index contributed by atoms with van der Waals surface area (Å²) in [5.41, 5.74) is 9.18. The van der Waals surface area contributed by atoms with Gasteiger partial charge in [0, 0.05) is 23.9 Å².